The number of nitrogens with zero attached hydrogens (tertiary/aromatic N) is 5. The van der Waals surface area contributed by atoms with Crippen LogP contribution < -0.4 is 15.2 Å². The first kappa shape index (κ1) is 35.5. The van der Waals surface area contributed by atoms with E-state index in [0.717, 1.165) is 12.1 Å². The van der Waals surface area contributed by atoms with Crippen LogP contribution >= 0.6 is 0 Å². The summed E-state index contributed by atoms with van der Waals surface area (Å²) in [6.45, 7) is 14.4. The summed E-state index contributed by atoms with van der Waals surface area (Å²) >= 11 is 0. The molecule has 0 aliphatic rings. The molecule has 0 aliphatic heterocycles. The van der Waals surface area contributed by atoms with Gasteiger partial charge in [0.25, 0.3) is 0 Å². The van der Waals surface area contributed by atoms with Crippen molar-refractivity contribution in [2.45, 2.75) is 70.9 Å². The molecule has 0 amide bonds. The number of fused-ring (bicyclic) bond motifs is 4. The van der Waals surface area contributed by atoms with Gasteiger partial charge >= 0.3 is 0 Å². The van der Waals surface area contributed by atoms with Crippen molar-refractivity contribution < 1.29 is 32.1 Å². The number of aromatic nitrogens is 5. The van der Waals surface area contributed by atoms with Crippen molar-refractivity contribution in [3.63, 3.8) is 0 Å². The number of anilines is 1. The summed E-state index contributed by atoms with van der Waals surface area (Å²) in [5.74, 6) is -0.137. The van der Waals surface area contributed by atoms with Crippen molar-refractivity contribution in [1.29, 1.82) is 0 Å². The largest absolute Gasteiger partial charge is 0.491 e. The van der Waals surface area contributed by atoms with Gasteiger partial charge in [-0.15, -0.1) is 0 Å². The second-order valence-corrected chi connectivity index (χ2v) is 25.3. The van der Waals surface area contributed by atoms with Gasteiger partial charge in [-0.25, -0.2) is 27.8 Å². The molecule has 0 saturated heterocycles. The van der Waals surface area contributed by atoms with Crippen LogP contribution in [0.3, 0.4) is 0 Å². The molecule has 0 spiro atoms. The number of alkyl halides is 2. The van der Waals surface area contributed by atoms with Gasteiger partial charge in [-0.2, -0.15) is 5.10 Å². The summed E-state index contributed by atoms with van der Waals surface area (Å²) in [6, 6.07) is 6.54. The summed E-state index contributed by atoms with van der Waals surface area (Å²) in [6.07, 6.45) is 1.56. The lowest BCUT2D eigenvalue weighted by Gasteiger charge is -2.19. The Morgan fingerprint density at radius 3 is 2.23 bits per heavy atom. The number of rotatable bonds is 16. The average molecular weight is 701 g/mol. The van der Waals surface area contributed by atoms with E-state index in [-0.39, 0.29) is 43.0 Å². The van der Waals surface area contributed by atoms with Gasteiger partial charge in [0.05, 0.1) is 12.8 Å². The quantitative estimate of drug-likeness (QED) is 0.0473. The fraction of sp³-hybridized carbons (Fsp3) is 0.455. The minimum Gasteiger partial charge on any atom is -0.491 e. The van der Waals surface area contributed by atoms with E-state index in [4.69, 9.17) is 29.7 Å². The van der Waals surface area contributed by atoms with E-state index in [9.17, 15) is 8.78 Å². The van der Waals surface area contributed by atoms with Crippen molar-refractivity contribution in [1.82, 2.24) is 24.7 Å². The summed E-state index contributed by atoms with van der Waals surface area (Å²) in [7, 11) is -2.64. The van der Waals surface area contributed by atoms with E-state index in [0.29, 0.717) is 51.7 Å². The van der Waals surface area contributed by atoms with E-state index in [1.165, 1.54) is 23.1 Å². The SMILES string of the molecule is C[Si](C)(C)CCOCOc1nc2c(cc(OCCC(F)F)c3nccnc32)c(-c2ccc(F)c3c2cnn3COCC[Si](C)(C)C)c1N. The standard InChI is InChI=1S/C33H43F3N6O4Si2/c1-47(2,3)15-13-43-19-42-32-23(18-40-42)21(7-8-24(32)34)27-22-17-25(45-12-9-26(35)36)30-31(39-11-10-38-30)29(22)41-33(28(27)37)46-20-44-14-16-48(4,5)6/h7-8,10-11,17-18,26H,9,12-16,19-20,37H2,1-6H3. The molecule has 0 radical (unpaired) electrons. The normalized spacial score (nSPS) is 12.5. The topological polar surface area (TPSA) is 119 Å². The molecular weight excluding hydrogens is 658 g/mol. The lowest BCUT2D eigenvalue weighted by Crippen LogP contribution is -2.22. The number of pyridine rings is 1. The molecule has 10 nitrogen and oxygen atoms in total. The molecule has 0 aliphatic carbocycles. The third kappa shape index (κ3) is 8.43. The molecule has 258 valence electrons. The number of nitrogens with two attached hydrogens (primary N) is 1. The fourth-order valence-corrected chi connectivity index (χ4v) is 6.63. The van der Waals surface area contributed by atoms with Crippen molar-refractivity contribution in [3.8, 4) is 22.8 Å². The Morgan fingerprint density at radius 2 is 1.54 bits per heavy atom. The molecule has 0 saturated carbocycles. The predicted molar refractivity (Wildman–Crippen MR) is 188 cm³/mol. The molecule has 3 heterocycles. The maximum Gasteiger partial charge on any atom is 0.241 e. The fourth-order valence-electron chi connectivity index (χ4n) is 5.11. The molecule has 48 heavy (non-hydrogen) atoms. The molecule has 5 aromatic rings. The van der Waals surface area contributed by atoms with Gasteiger partial charge < -0.3 is 24.7 Å². The van der Waals surface area contributed by atoms with Crippen molar-refractivity contribution >= 4 is 54.7 Å². The molecule has 0 fully saturated rings. The second kappa shape index (κ2) is 14.8. The smallest absolute Gasteiger partial charge is 0.241 e. The Bertz CT molecular complexity index is 1900. The molecule has 5 rings (SSSR count). The molecule has 0 unspecified atom stereocenters. The Kier molecular flexibility index (Phi) is 10.9. The lowest BCUT2D eigenvalue weighted by atomic mass is 9.95. The van der Waals surface area contributed by atoms with Gasteiger partial charge in [0.1, 0.15) is 46.1 Å². The second-order valence-electron chi connectivity index (χ2n) is 14.1. The summed E-state index contributed by atoms with van der Waals surface area (Å²) in [5.41, 5.74) is 9.34. The van der Waals surface area contributed by atoms with E-state index in [2.05, 4.69) is 54.3 Å². The maximum absolute atomic E-state index is 15.5. The first-order valence-electron chi connectivity index (χ1n) is 15.9. The van der Waals surface area contributed by atoms with Crippen LogP contribution in [0.25, 0.3) is 44.0 Å². The average Bonchev–Trinajstić information content (AvgIpc) is 3.44. The highest BCUT2D eigenvalue weighted by Crippen LogP contribution is 2.45. The number of ether oxygens (including phenoxy) is 4. The van der Waals surface area contributed by atoms with Crippen LogP contribution in [0, 0.1) is 5.82 Å². The van der Waals surface area contributed by atoms with E-state index in [1.54, 1.807) is 18.3 Å². The summed E-state index contributed by atoms with van der Waals surface area (Å²) in [4.78, 5) is 13.7. The molecule has 0 atom stereocenters. The molecule has 2 aromatic carbocycles. The molecule has 15 heteroatoms. The van der Waals surface area contributed by atoms with Crippen LogP contribution in [0.5, 0.6) is 11.6 Å². The third-order valence-corrected chi connectivity index (χ3v) is 11.2. The van der Waals surface area contributed by atoms with Crippen LogP contribution in [-0.4, -0.2) is 73.9 Å². The minimum absolute atomic E-state index is 0.0758. The summed E-state index contributed by atoms with van der Waals surface area (Å²) < 4.78 is 66.5. The highest BCUT2D eigenvalue weighted by molar-refractivity contribution is 6.76. The van der Waals surface area contributed by atoms with Gasteiger partial charge in [-0.1, -0.05) is 45.3 Å². The highest BCUT2D eigenvalue weighted by atomic mass is 28.3. The van der Waals surface area contributed by atoms with Crippen molar-refractivity contribution in [2.75, 3.05) is 32.3 Å². The first-order chi connectivity index (χ1) is 22.7. The lowest BCUT2D eigenvalue weighted by molar-refractivity contribution is 0.0200. The zero-order chi connectivity index (χ0) is 34.6. The number of hydrogen-bond acceptors (Lipinski definition) is 9. The Morgan fingerprint density at radius 1 is 0.854 bits per heavy atom. The monoisotopic (exact) mass is 700 g/mol. The zero-order valence-corrected chi connectivity index (χ0v) is 30.3. The van der Waals surface area contributed by atoms with Crippen LogP contribution in [-0.2, 0) is 16.2 Å². The first-order valence-corrected chi connectivity index (χ1v) is 23.4. The van der Waals surface area contributed by atoms with Crippen molar-refractivity contribution in [2.24, 2.45) is 0 Å². The van der Waals surface area contributed by atoms with Crippen LogP contribution in [0.15, 0.2) is 36.8 Å². The van der Waals surface area contributed by atoms with Gasteiger partial charge in [0.2, 0.25) is 12.3 Å². The van der Waals surface area contributed by atoms with Crippen LogP contribution in [0.2, 0.25) is 51.4 Å². The van der Waals surface area contributed by atoms with E-state index >= 15 is 4.39 Å². The molecule has 3 aromatic heterocycles. The summed E-state index contributed by atoms with van der Waals surface area (Å²) in [5, 5.41) is 5.44. The number of benzene rings is 2. The minimum atomic E-state index is -2.54. The van der Waals surface area contributed by atoms with Crippen LogP contribution in [0.1, 0.15) is 6.42 Å². The third-order valence-electron chi connectivity index (χ3n) is 7.77. The van der Waals surface area contributed by atoms with Gasteiger partial charge in [0, 0.05) is 64.5 Å². The molecule has 0 bridgehead atoms. The number of halogens is 3. The Hall–Kier alpha value is -3.80. The number of hydrogen-bond donors (Lipinski definition) is 1. The van der Waals surface area contributed by atoms with Crippen LogP contribution in [0.4, 0.5) is 18.9 Å². The van der Waals surface area contributed by atoms with Crippen molar-refractivity contribution in [3.05, 3.63) is 42.6 Å². The van der Waals surface area contributed by atoms with Gasteiger partial charge in [-0.05, 0) is 29.8 Å². The highest BCUT2D eigenvalue weighted by Gasteiger charge is 2.24. The Balaban J connectivity index is 1.64. The maximum atomic E-state index is 15.5. The zero-order valence-electron chi connectivity index (χ0n) is 28.3. The Labute approximate surface area is 279 Å². The number of nitrogen functional groups attached to an aromatic ring is 1. The van der Waals surface area contributed by atoms with E-state index in [1.807, 2.05) is 0 Å². The van der Waals surface area contributed by atoms with Gasteiger partial charge in [0.15, 0.2) is 6.79 Å². The van der Waals surface area contributed by atoms with E-state index < -0.39 is 34.8 Å². The molecule has 2 N–H and O–H groups in total. The molecular formula is C33H43F3N6O4Si2. The predicted octanol–water partition coefficient (Wildman–Crippen LogP) is 7.95. The van der Waals surface area contributed by atoms with Gasteiger partial charge in [-0.3, -0.25) is 4.98 Å².